The van der Waals surface area contributed by atoms with Gasteiger partial charge >= 0.3 is 0 Å². The van der Waals surface area contributed by atoms with E-state index in [0.717, 1.165) is 5.69 Å². The molecule has 86 valence electrons. The third kappa shape index (κ3) is 1.89. The van der Waals surface area contributed by atoms with Crippen LogP contribution in [0.3, 0.4) is 0 Å². The summed E-state index contributed by atoms with van der Waals surface area (Å²) in [6.07, 6.45) is 0. The maximum Gasteiger partial charge on any atom is 0.278 e. The minimum Gasteiger partial charge on any atom is -0.446 e. The molecular formula is C10H7BrN4O2. The Hall–Kier alpha value is -1.89. The zero-order valence-electron chi connectivity index (χ0n) is 8.77. The van der Waals surface area contributed by atoms with E-state index in [4.69, 9.17) is 8.94 Å². The second-order valence-electron chi connectivity index (χ2n) is 3.46. The maximum atomic E-state index is 5.33. The van der Waals surface area contributed by atoms with E-state index in [9.17, 15) is 0 Å². The average molecular weight is 295 g/mol. The fraction of sp³-hybridized carbons (Fsp3) is 0.100. The van der Waals surface area contributed by atoms with Gasteiger partial charge in [-0.1, -0.05) is 5.16 Å². The lowest BCUT2D eigenvalue weighted by molar-refractivity contribution is 0.427. The number of hydrogen-bond acceptors (Lipinski definition) is 5. The second kappa shape index (κ2) is 3.85. The molecule has 0 unspecified atom stereocenters. The van der Waals surface area contributed by atoms with Crippen molar-refractivity contribution in [3.05, 3.63) is 28.6 Å². The number of nitrogens with one attached hydrogen (secondary N) is 1. The van der Waals surface area contributed by atoms with Crippen LogP contribution in [-0.4, -0.2) is 20.3 Å². The van der Waals surface area contributed by atoms with Crippen LogP contribution in [0.1, 0.15) is 5.69 Å². The first-order valence-electron chi connectivity index (χ1n) is 4.84. The van der Waals surface area contributed by atoms with E-state index in [1.807, 2.05) is 13.0 Å². The zero-order chi connectivity index (χ0) is 11.8. The van der Waals surface area contributed by atoms with E-state index in [-0.39, 0.29) is 0 Å². The summed E-state index contributed by atoms with van der Waals surface area (Å²) in [5.41, 5.74) is 1.55. The predicted molar refractivity (Wildman–Crippen MR) is 62.0 cm³/mol. The number of halogens is 1. The Kier molecular flexibility index (Phi) is 2.32. The van der Waals surface area contributed by atoms with Crippen LogP contribution >= 0.6 is 15.9 Å². The van der Waals surface area contributed by atoms with Gasteiger partial charge < -0.3 is 8.94 Å². The van der Waals surface area contributed by atoms with Gasteiger partial charge in [-0.3, -0.25) is 5.10 Å². The molecule has 0 atom stereocenters. The van der Waals surface area contributed by atoms with Gasteiger partial charge in [-0.25, -0.2) is 0 Å². The van der Waals surface area contributed by atoms with Gasteiger partial charge in [0.15, 0.2) is 16.1 Å². The standard InChI is InChI=1S/C10H7BrN4O2/c1-5-4-6(14-13-5)10-12-9(15-17-10)7-2-3-8(11)16-7/h2-4H,1H3,(H,13,14). The Morgan fingerprint density at radius 3 is 2.88 bits per heavy atom. The SMILES string of the molecule is Cc1cc(-c2nc(-c3ccc(Br)o3)no2)n[nH]1. The largest absolute Gasteiger partial charge is 0.446 e. The highest BCUT2D eigenvalue weighted by molar-refractivity contribution is 9.10. The molecule has 0 bridgehead atoms. The van der Waals surface area contributed by atoms with Crippen molar-refractivity contribution in [2.75, 3.05) is 0 Å². The Bertz CT molecular complexity index is 600. The summed E-state index contributed by atoms with van der Waals surface area (Å²) >= 11 is 3.21. The van der Waals surface area contributed by atoms with E-state index in [2.05, 4.69) is 36.3 Å². The number of aromatic nitrogens is 4. The topological polar surface area (TPSA) is 80.7 Å². The molecule has 0 aliphatic carbocycles. The number of rotatable bonds is 2. The Morgan fingerprint density at radius 1 is 1.35 bits per heavy atom. The molecule has 0 fully saturated rings. The Morgan fingerprint density at radius 2 is 2.24 bits per heavy atom. The van der Waals surface area contributed by atoms with Crippen molar-refractivity contribution >= 4 is 15.9 Å². The lowest BCUT2D eigenvalue weighted by atomic mass is 10.4. The molecule has 0 spiro atoms. The maximum absolute atomic E-state index is 5.33. The molecule has 0 aromatic carbocycles. The molecule has 3 aromatic heterocycles. The first-order chi connectivity index (χ1) is 8.22. The van der Waals surface area contributed by atoms with Gasteiger partial charge in [-0.05, 0) is 41.1 Å². The molecule has 7 heteroatoms. The zero-order valence-corrected chi connectivity index (χ0v) is 10.4. The van der Waals surface area contributed by atoms with Crippen molar-refractivity contribution in [2.24, 2.45) is 0 Å². The fourth-order valence-corrected chi connectivity index (χ4v) is 1.70. The summed E-state index contributed by atoms with van der Waals surface area (Å²) in [5.74, 6) is 1.29. The van der Waals surface area contributed by atoms with Gasteiger partial charge in [0, 0.05) is 5.69 Å². The van der Waals surface area contributed by atoms with Crippen molar-refractivity contribution in [1.82, 2.24) is 20.3 Å². The first kappa shape index (κ1) is 10.3. The van der Waals surface area contributed by atoms with Gasteiger partial charge in [0.2, 0.25) is 5.82 Å². The summed E-state index contributed by atoms with van der Waals surface area (Å²) < 4.78 is 11.1. The van der Waals surface area contributed by atoms with Crippen LogP contribution in [0, 0.1) is 6.92 Å². The molecule has 0 amide bonds. The van der Waals surface area contributed by atoms with E-state index in [0.29, 0.717) is 27.8 Å². The molecule has 0 radical (unpaired) electrons. The molecule has 0 saturated carbocycles. The molecule has 0 aliphatic heterocycles. The average Bonchev–Trinajstić information content (AvgIpc) is 2.96. The number of H-pyrrole nitrogens is 1. The fourth-order valence-electron chi connectivity index (χ4n) is 1.39. The van der Waals surface area contributed by atoms with Crippen LogP contribution in [0.4, 0.5) is 0 Å². The number of nitrogens with zero attached hydrogens (tertiary/aromatic N) is 3. The molecule has 6 nitrogen and oxygen atoms in total. The van der Waals surface area contributed by atoms with Crippen LogP contribution in [-0.2, 0) is 0 Å². The van der Waals surface area contributed by atoms with Crippen molar-refractivity contribution in [1.29, 1.82) is 0 Å². The highest BCUT2D eigenvalue weighted by Crippen LogP contribution is 2.24. The highest BCUT2D eigenvalue weighted by Gasteiger charge is 2.15. The lowest BCUT2D eigenvalue weighted by Crippen LogP contribution is -1.78. The number of aromatic amines is 1. The van der Waals surface area contributed by atoms with Crippen molar-refractivity contribution in [3.63, 3.8) is 0 Å². The number of aryl methyl sites for hydroxylation is 1. The Balaban J connectivity index is 1.98. The molecule has 17 heavy (non-hydrogen) atoms. The molecule has 3 aromatic rings. The number of furan rings is 1. The van der Waals surface area contributed by atoms with Gasteiger partial charge in [0.25, 0.3) is 5.89 Å². The van der Waals surface area contributed by atoms with Crippen LogP contribution < -0.4 is 0 Å². The van der Waals surface area contributed by atoms with E-state index in [1.54, 1.807) is 12.1 Å². The normalized spacial score (nSPS) is 10.9. The molecule has 3 heterocycles. The molecule has 0 saturated heterocycles. The molecule has 0 aliphatic rings. The third-order valence-corrected chi connectivity index (χ3v) is 2.57. The molecular weight excluding hydrogens is 288 g/mol. The minimum atomic E-state index is 0.358. The highest BCUT2D eigenvalue weighted by atomic mass is 79.9. The first-order valence-corrected chi connectivity index (χ1v) is 5.63. The second-order valence-corrected chi connectivity index (χ2v) is 4.24. The summed E-state index contributed by atoms with van der Waals surface area (Å²) in [6, 6.07) is 5.36. The summed E-state index contributed by atoms with van der Waals surface area (Å²) in [4.78, 5) is 4.20. The summed E-state index contributed by atoms with van der Waals surface area (Å²) in [6.45, 7) is 1.90. The minimum absolute atomic E-state index is 0.358. The van der Waals surface area contributed by atoms with E-state index >= 15 is 0 Å². The molecule has 3 rings (SSSR count). The van der Waals surface area contributed by atoms with Crippen LogP contribution in [0.15, 0.2) is 31.8 Å². The van der Waals surface area contributed by atoms with Crippen LogP contribution in [0.2, 0.25) is 0 Å². The van der Waals surface area contributed by atoms with Crippen LogP contribution in [0.25, 0.3) is 23.2 Å². The van der Waals surface area contributed by atoms with E-state index < -0.39 is 0 Å². The van der Waals surface area contributed by atoms with Crippen LogP contribution in [0.5, 0.6) is 0 Å². The summed E-state index contributed by atoms with van der Waals surface area (Å²) in [5, 5.41) is 10.7. The third-order valence-electron chi connectivity index (χ3n) is 2.14. The molecule has 1 N–H and O–H groups in total. The van der Waals surface area contributed by atoms with Gasteiger partial charge in [-0.15, -0.1) is 0 Å². The predicted octanol–water partition coefficient (Wildman–Crippen LogP) is 2.79. The number of hydrogen-bond donors (Lipinski definition) is 1. The van der Waals surface area contributed by atoms with Gasteiger partial charge in [-0.2, -0.15) is 10.1 Å². The quantitative estimate of drug-likeness (QED) is 0.786. The van der Waals surface area contributed by atoms with Gasteiger partial charge in [0.05, 0.1) is 0 Å². The monoisotopic (exact) mass is 294 g/mol. The Labute approximate surface area is 104 Å². The lowest BCUT2D eigenvalue weighted by Gasteiger charge is -1.83. The van der Waals surface area contributed by atoms with Gasteiger partial charge in [0.1, 0.15) is 0 Å². The smallest absolute Gasteiger partial charge is 0.278 e. The van der Waals surface area contributed by atoms with Crippen molar-refractivity contribution < 1.29 is 8.94 Å². The van der Waals surface area contributed by atoms with E-state index in [1.165, 1.54) is 0 Å². The van der Waals surface area contributed by atoms with Crippen molar-refractivity contribution in [3.8, 4) is 23.2 Å². The summed E-state index contributed by atoms with van der Waals surface area (Å²) in [7, 11) is 0. The van der Waals surface area contributed by atoms with Crippen molar-refractivity contribution in [2.45, 2.75) is 6.92 Å².